The summed E-state index contributed by atoms with van der Waals surface area (Å²) in [5, 5.41) is 22.1. The zero-order valence-corrected chi connectivity index (χ0v) is 21.5. The fourth-order valence-corrected chi connectivity index (χ4v) is 9.50. The van der Waals surface area contributed by atoms with Gasteiger partial charge in [-0.25, -0.2) is 0 Å². The summed E-state index contributed by atoms with van der Waals surface area (Å²) in [6.07, 6.45) is 12.9. The molecule has 0 aromatic heterocycles. The van der Waals surface area contributed by atoms with Crippen molar-refractivity contribution in [3.05, 3.63) is 11.6 Å². The maximum atomic E-state index is 11.3. The second-order valence-electron chi connectivity index (χ2n) is 13.6. The molecule has 3 fully saturated rings. The van der Waals surface area contributed by atoms with E-state index in [1.54, 1.807) is 5.57 Å². The van der Waals surface area contributed by atoms with Gasteiger partial charge in [-0.1, -0.05) is 79.4 Å². The Morgan fingerprint density at radius 3 is 2.35 bits per heavy atom. The zero-order valence-electron chi connectivity index (χ0n) is 21.5. The molecule has 0 unspecified atom stereocenters. The molecule has 0 heterocycles. The molecule has 3 saturated carbocycles. The number of fused-ring (bicyclic) bond motifs is 5. The van der Waals surface area contributed by atoms with Crippen molar-refractivity contribution in [3.8, 4) is 0 Å². The Morgan fingerprint density at radius 1 is 0.968 bits per heavy atom. The predicted molar refractivity (Wildman–Crippen MR) is 130 cm³/mol. The Kier molecular flexibility index (Phi) is 6.26. The van der Waals surface area contributed by atoms with E-state index in [-0.39, 0.29) is 23.0 Å². The van der Waals surface area contributed by atoms with E-state index in [0.29, 0.717) is 29.1 Å². The van der Waals surface area contributed by atoms with E-state index in [2.05, 4.69) is 54.5 Å². The quantitative estimate of drug-likeness (QED) is 0.461. The summed E-state index contributed by atoms with van der Waals surface area (Å²) in [6.45, 7) is 16.7. The normalized spacial score (nSPS) is 47.4. The molecule has 4 aliphatic carbocycles. The second kappa shape index (κ2) is 8.15. The number of allylic oxidation sites excluding steroid dienone is 1. The summed E-state index contributed by atoms with van der Waals surface area (Å²) in [4.78, 5) is 0. The van der Waals surface area contributed by atoms with Crippen LogP contribution in [0.25, 0.3) is 0 Å². The molecular formula is C29H50O2. The Labute approximate surface area is 192 Å². The summed E-state index contributed by atoms with van der Waals surface area (Å²) in [5.74, 6) is 3.95. The molecule has 0 spiro atoms. The van der Waals surface area contributed by atoms with Crippen LogP contribution in [0, 0.1) is 51.8 Å². The van der Waals surface area contributed by atoms with Crippen LogP contribution in [-0.4, -0.2) is 22.4 Å². The standard InChI is InChI=1S/C29H50O2/c1-18(2)9-8-10-19(3)26-23(30)17-22-20-11-12-24-27(4,5)25(31)14-16-28(24,6)21(20)13-15-29(22,26)7/h12,18-23,25-26,30-31H,8-11,13-17H2,1-7H3/t19-,20-,21+,22+,23+,25-,26+,28-,29+/m1/s1. The summed E-state index contributed by atoms with van der Waals surface area (Å²) in [5.41, 5.74) is 1.98. The van der Waals surface area contributed by atoms with Crippen molar-refractivity contribution in [2.75, 3.05) is 0 Å². The number of rotatable bonds is 5. The van der Waals surface area contributed by atoms with Crippen molar-refractivity contribution in [2.24, 2.45) is 51.8 Å². The molecule has 0 amide bonds. The SMILES string of the molecule is CC(C)CCC[C@@H](C)[C@H]1[C@@H](O)C[C@H]2[C@@H]3CC=C4C(C)(C)[C@H](O)CC[C@]4(C)[C@H]3CC[C@]12C. The minimum atomic E-state index is -0.207. The minimum Gasteiger partial charge on any atom is -0.393 e. The maximum Gasteiger partial charge on any atom is 0.0628 e. The van der Waals surface area contributed by atoms with Gasteiger partial charge in [-0.3, -0.25) is 0 Å². The fourth-order valence-electron chi connectivity index (χ4n) is 9.50. The summed E-state index contributed by atoms with van der Waals surface area (Å²) in [6, 6.07) is 0. The fraction of sp³-hybridized carbons (Fsp3) is 0.931. The molecule has 2 N–H and O–H groups in total. The van der Waals surface area contributed by atoms with Gasteiger partial charge in [0, 0.05) is 5.41 Å². The third-order valence-electron chi connectivity index (χ3n) is 11.1. The number of hydrogen-bond donors (Lipinski definition) is 2. The van der Waals surface area contributed by atoms with Crippen LogP contribution in [0.2, 0.25) is 0 Å². The van der Waals surface area contributed by atoms with Gasteiger partial charge in [0.1, 0.15) is 0 Å². The Hall–Kier alpha value is -0.340. The highest BCUT2D eigenvalue weighted by Crippen LogP contribution is 2.68. The molecule has 0 aliphatic heterocycles. The molecule has 2 nitrogen and oxygen atoms in total. The summed E-state index contributed by atoms with van der Waals surface area (Å²) >= 11 is 0. The molecular weight excluding hydrogens is 380 g/mol. The second-order valence-corrected chi connectivity index (χ2v) is 13.6. The summed E-state index contributed by atoms with van der Waals surface area (Å²) in [7, 11) is 0. The molecule has 2 heteroatoms. The number of aliphatic hydroxyl groups is 2. The smallest absolute Gasteiger partial charge is 0.0628 e. The van der Waals surface area contributed by atoms with Gasteiger partial charge in [0.15, 0.2) is 0 Å². The van der Waals surface area contributed by atoms with Crippen molar-refractivity contribution in [1.82, 2.24) is 0 Å². The van der Waals surface area contributed by atoms with Crippen LogP contribution in [0.3, 0.4) is 0 Å². The first kappa shape index (κ1) is 23.8. The number of hydrogen-bond acceptors (Lipinski definition) is 2. The van der Waals surface area contributed by atoms with Crippen LogP contribution in [0.4, 0.5) is 0 Å². The third kappa shape index (κ3) is 3.67. The lowest BCUT2D eigenvalue weighted by Crippen LogP contribution is -2.54. The highest BCUT2D eigenvalue weighted by Gasteiger charge is 2.63. The first-order valence-electron chi connectivity index (χ1n) is 13.5. The molecule has 0 radical (unpaired) electrons. The Morgan fingerprint density at radius 2 is 1.68 bits per heavy atom. The minimum absolute atomic E-state index is 0.0959. The van der Waals surface area contributed by atoms with Crippen molar-refractivity contribution in [3.63, 3.8) is 0 Å². The zero-order chi connectivity index (χ0) is 22.8. The lowest BCUT2D eigenvalue weighted by molar-refractivity contribution is -0.0806. The van der Waals surface area contributed by atoms with E-state index in [4.69, 9.17) is 0 Å². The van der Waals surface area contributed by atoms with Crippen LogP contribution in [0.15, 0.2) is 11.6 Å². The summed E-state index contributed by atoms with van der Waals surface area (Å²) < 4.78 is 0. The molecule has 4 rings (SSSR count). The van der Waals surface area contributed by atoms with E-state index in [0.717, 1.165) is 37.5 Å². The maximum absolute atomic E-state index is 11.3. The topological polar surface area (TPSA) is 40.5 Å². The van der Waals surface area contributed by atoms with Gasteiger partial charge in [-0.2, -0.15) is 0 Å². The average molecular weight is 431 g/mol. The van der Waals surface area contributed by atoms with Gasteiger partial charge in [0.2, 0.25) is 0 Å². The van der Waals surface area contributed by atoms with Gasteiger partial charge in [-0.15, -0.1) is 0 Å². The third-order valence-corrected chi connectivity index (χ3v) is 11.1. The van der Waals surface area contributed by atoms with Crippen LogP contribution < -0.4 is 0 Å². The predicted octanol–water partition coefficient (Wildman–Crippen LogP) is 7.00. The van der Waals surface area contributed by atoms with Crippen molar-refractivity contribution in [2.45, 2.75) is 118 Å². The molecule has 31 heavy (non-hydrogen) atoms. The lowest BCUT2D eigenvalue weighted by Gasteiger charge is -2.61. The Bertz CT molecular complexity index is 693. The van der Waals surface area contributed by atoms with Gasteiger partial charge in [-0.05, 0) is 84.9 Å². The van der Waals surface area contributed by atoms with Crippen molar-refractivity contribution in [1.29, 1.82) is 0 Å². The molecule has 9 atom stereocenters. The van der Waals surface area contributed by atoms with Crippen LogP contribution in [0.5, 0.6) is 0 Å². The van der Waals surface area contributed by atoms with Crippen molar-refractivity contribution < 1.29 is 10.2 Å². The van der Waals surface area contributed by atoms with Gasteiger partial charge < -0.3 is 10.2 Å². The van der Waals surface area contributed by atoms with Crippen LogP contribution in [-0.2, 0) is 0 Å². The van der Waals surface area contributed by atoms with Gasteiger partial charge in [0.05, 0.1) is 12.2 Å². The monoisotopic (exact) mass is 430 g/mol. The van der Waals surface area contributed by atoms with E-state index in [9.17, 15) is 10.2 Å². The van der Waals surface area contributed by atoms with E-state index in [1.165, 1.54) is 32.1 Å². The molecule has 0 saturated heterocycles. The van der Waals surface area contributed by atoms with E-state index < -0.39 is 0 Å². The Balaban J connectivity index is 1.57. The largest absolute Gasteiger partial charge is 0.393 e. The first-order chi connectivity index (χ1) is 14.4. The highest BCUT2D eigenvalue weighted by molar-refractivity contribution is 5.31. The van der Waals surface area contributed by atoms with E-state index >= 15 is 0 Å². The average Bonchev–Trinajstić information content (AvgIpc) is 2.95. The van der Waals surface area contributed by atoms with Crippen LogP contribution >= 0.6 is 0 Å². The van der Waals surface area contributed by atoms with E-state index in [1.807, 2.05) is 0 Å². The molecule has 178 valence electrons. The number of aliphatic hydroxyl groups excluding tert-OH is 2. The molecule has 0 bridgehead atoms. The van der Waals surface area contributed by atoms with Gasteiger partial charge in [0.25, 0.3) is 0 Å². The van der Waals surface area contributed by atoms with Crippen LogP contribution in [0.1, 0.15) is 106 Å². The first-order valence-corrected chi connectivity index (χ1v) is 13.5. The van der Waals surface area contributed by atoms with Gasteiger partial charge >= 0.3 is 0 Å². The lowest BCUT2D eigenvalue weighted by atomic mass is 9.44. The van der Waals surface area contributed by atoms with Crippen molar-refractivity contribution >= 4 is 0 Å². The molecule has 0 aromatic rings. The molecule has 0 aromatic carbocycles. The molecule has 4 aliphatic rings. The highest BCUT2D eigenvalue weighted by atomic mass is 16.3.